The van der Waals surface area contributed by atoms with E-state index in [0.717, 1.165) is 12.8 Å². The molecule has 0 aromatic carbocycles. The lowest BCUT2D eigenvalue weighted by Gasteiger charge is -2.13. The smallest absolute Gasteiger partial charge is 0.330 e. The normalized spacial score (nSPS) is 13.1. The largest absolute Gasteiger partial charge is 0.462 e. The zero-order valence-electron chi connectivity index (χ0n) is 9.58. The SMILES string of the molecule is C/C=C\C(=O)OCC(CC)CCCC. The Morgan fingerprint density at radius 2 is 2.14 bits per heavy atom. The van der Waals surface area contributed by atoms with Gasteiger partial charge < -0.3 is 4.74 Å². The van der Waals surface area contributed by atoms with Crippen molar-refractivity contribution in [1.29, 1.82) is 0 Å². The quantitative estimate of drug-likeness (QED) is 0.463. The van der Waals surface area contributed by atoms with E-state index in [2.05, 4.69) is 13.8 Å². The molecule has 0 saturated carbocycles. The Morgan fingerprint density at radius 3 is 2.64 bits per heavy atom. The second kappa shape index (κ2) is 8.79. The van der Waals surface area contributed by atoms with Crippen LogP contribution in [0.25, 0.3) is 0 Å². The van der Waals surface area contributed by atoms with Gasteiger partial charge in [0.2, 0.25) is 0 Å². The first-order chi connectivity index (χ1) is 6.74. The summed E-state index contributed by atoms with van der Waals surface area (Å²) in [6.45, 7) is 6.71. The first kappa shape index (κ1) is 13.2. The van der Waals surface area contributed by atoms with Gasteiger partial charge in [0.05, 0.1) is 6.61 Å². The lowest BCUT2D eigenvalue weighted by atomic mass is 10.0. The Labute approximate surface area is 87.3 Å². The van der Waals surface area contributed by atoms with E-state index in [1.54, 1.807) is 6.08 Å². The van der Waals surface area contributed by atoms with Crippen LogP contribution >= 0.6 is 0 Å². The maximum Gasteiger partial charge on any atom is 0.330 e. The predicted molar refractivity (Wildman–Crippen MR) is 59.1 cm³/mol. The van der Waals surface area contributed by atoms with E-state index in [9.17, 15) is 4.79 Å². The van der Waals surface area contributed by atoms with Crippen molar-refractivity contribution in [3.63, 3.8) is 0 Å². The molecular formula is C12H22O2. The van der Waals surface area contributed by atoms with Gasteiger partial charge in [-0.1, -0.05) is 39.2 Å². The number of rotatable bonds is 7. The van der Waals surface area contributed by atoms with Gasteiger partial charge in [-0.25, -0.2) is 4.79 Å². The third-order valence-electron chi connectivity index (χ3n) is 2.31. The van der Waals surface area contributed by atoms with Gasteiger partial charge in [-0.05, 0) is 19.3 Å². The summed E-state index contributed by atoms with van der Waals surface area (Å²) in [5.74, 6) is 0.312. The molecule has 2 heteroatoms. The summed E-state index contributed by atoms with van der Waals surface area (Å²) < 4.78 is 5.11. The summed E-state index contributed by atoms with van der Waals surface area (Å²) in [4.78, 5) is 11.0. The van der Waals surface area contributed by atoms with Crippen molar-refractivity contribution in [2.24, 2.45) is 5.92 Å². The summed E-state index contributed by atoms with van der Waals surface area (Å²) in [6.07, 6.45) is 7.85. The van der Waals surface area contributed by atoms with Gasteiger partial charge in [0.1, 0.15) is 0 Å². The first-order valence-electron chi connectivity index (χ1n) is 5.54. The summed E-state index contributed by atoms with van der Waals surface area (Å²) >= 11 is 0. The van der Waals surface area contributed by atoms with Crippen molar-refractivity contribution in [3.8, 4) is 0 Å². The molecule has 0 bridgehead atoms. The number of carbonyl (C=O) groups is 1. The maximum atomic E-state index is 11.0. The molecule has 14 heavy (non-hydrogen) atoms. The first-order valence-corrected chi connectivity index (χ1v) is 5.54. The van der Waals surface area contributed by atoms with Crippen molar-refractivity contribution in [1.82, 2.24) is 0 Å². The van der Waals surface area contributed by atoms with Crippen molar-refractivity contribution < 1.29 is 9.53 Å². The molecule has 0 aliphatic heterocycles. The van der Waals surface area contributed by atoms with Crippen LogP contribution in [0.3, 0.4) is 0 Å². The maximum absolute atomic E-state index is 11.0. The molecule has 2 nitrogen and oxygen atoms in total. The average Bonchev–Trinajstić information content (AvgIpc) is 2.19. The lowest BCUT2D eigenvalue weighted by Crippen LogP contribution is -2.12. The van der Waals surface area contributed by atoms with Gasteiger partial charge in [-0.2, -0.15) is 0 Å². The van der Waals surface area contributed by atoms with Crippen LogP contribution in [0.1, 0.15) is 46.5 Å². The summed E-state index contributed by atoms with van der Waals surface area (Å²) in [5, 5.41) is 0. The number of esters is 1. The molecule has 1 unspecified atom stereocenters. The number of unbranched alkanes of at least 4 members (excludes halogenated alkanes) is 1. The molecule has 1 atom stereocenters. The minimum Gasteiger partial charge on any atom is -0.462 e. The van der Waals surface area contributed by atoms with Crippen LogP contribution in [0.4, 0.5) is 0 Å². The molecule has 0 heterocycles. The summed E-state index contributed by atoms with van der Waals surface area (Å²) in [6, 6.07) is 0. The highest BCUT2D eigenvalue weighted by molar-refractivity contribution is 5.81. The molecule has 0 spiro atoms. The van der Waals surface area contributed by atoms with Crippen molar-refractivity contribution in [2.75, 3.05) is 6.61 Å². The second-order valence-corrected chi connectivity index (χ2v) is 3.55. The number of carbonyl (C=O) groups excluding carboxylic acids is 1. The topological polar surface area (TPSA) is 26.3 Å². The van der Waals surface area contributed by atoms with Crippen LogP contribution in [0, 0.1) is 5.92 Å². The molecule has 0 N–H and O–H groups in total. The monoisotopic (exact) mass is 198 g/mol. The van der Waals surface area contributed by atoms with Crippen molar-refractivity contribution in [3.05, 3.63) is 12.2 Å². The van der Waals surface area contributed by atoms with Crippen molar-refractivity contribution >= 4 is 5.97 Å². The number of allylic oxidation sites excluding steroid dienone is 1. The molecule has 0 amide bonds. The highest BCUT2D eigenvalue weighted by Crippen LogP contribution is 2.12. The fourth-order valence-corrected chi connectivity index (χ4v) is 1.28. The predicted octanol–water partition coefficient (Wildman–Crippen LogP) is 3.32. The fourth-order valence-electron chi connectivity index (χ4n) is 1.28. The Bertz CT molecular complexity index is 173. The zero-order valence-corrected chi connectivity index (χ0v) is 9.58. The zero-order chi connectivity index (χ0) is 10.8. The molecule has 0 aromatic heterocycles. The minimum absolute atomic E-state index is 0.220. The molecule has 0 aromatic rings. The molecule has 0 fully saturated rings. The van der Waals surface area contributed by atoms with Crippen LogP contribution in [-0.4, -0.2) is 12.6 Å². The van der Waals surface area contributed by atoms with Crippen LogP contribution in [0.5, 0.6) is 0 Å². The molecular weight excluding hydrogens is 176 g/mol. The van der Waals surface area contributed by atoms with Crippen LogP contribution in [0.15, 0.2) is 12.2 Å². The van der Waals surface area contributed by atoms with E-state index in [0.29, 0.717) is 12.5 Å². The van der Waals surface area contributed by atoms with Gasteiger partial charge in [-0.15, -0.1) is 0 Å². The average molecular weight is 198 g/mol. The minimum atomic E-state index is -0.220. The molecule has 0 radical (unpaired) electrons. The number of ether oxygens (including phenoxy) is 1. The Balaban J connectivity index is 3.66. The van der Waals surface area contributed by atoms with Crippen LogP contribution in [0.2, 0.25) is 0 Å². The molecule has 0 rings (SSSR count). The standard InChI is InChI=1S/C12H22O2/c1-4-7-9-11(6-3)10-14-12(13)8-5-2/h5,8,11H,4,6-7,9-10H2,1-3H3/b8-5-. The molecule has 82 valence electrons. The third-order valence-corrected chi connectivity index (χ3v) is 2.31. The van der Waals surface area contributed by atoms with E-state index in [1.807, 2.05) is 6.92 Å². The highest BCUT2D eigenvalue weighted by atomic mass is 16.5. The highest BCUT2D eigenvalue weighted by Gasteiger charge is 2.07. The lowest BCUT2D eigenvalue weighted by molar-refractivity contribution is -0.139. The Kier molecular flexibility index (Phi) is 8.30. The van der Waals surface area contributed by atoms with Crippen molar-refractivity contribution in [2.45, 2.75) is 46.5 Å². The van der Waals surface area contributed by atoms with Gasteiger partial charge >= 0.3 is 5.97 Å². The van der Waals surface area contributed by atoms with Crippen LogP contribution in [-0.2, 0) is 9.53 Å². The molecule has 0 aliphatic rings. The number of hydrogen-bond acceptors (Lipinski definition) is 2. The van der Waals surface area contributed by atoms with E-state index in [1.165, 1.54) is 18.9 Å². The van der Waals surface area contributed by atoms with Gasteiger partial charge in [0, 0.05) is 6.08 Å². The molecule has 0 aliphatic carbocycles. The molecule has 0 saturated heterocycles. The Hall–Kier alpha value is -0.790. The van der Waals surface area contributed by atoms with E-state index < -0.39 is 0 Å². The Morgan fingerprint density at radius 1 is 1.43 bits per heavy atom. The third kappa shape index (κ3) is 6.70. The summed E-state index contributed by atoms with van der Waals surface area (Å²) in [5.41, 5.74) is 0. The number of hydrogen-bond donors (Lipinski definition) is 0. The van der Waals surface area contributed by atoms with Gasteiger partial charge in [0.25, 0.3) is 0 Å². The van der Waals surface area contributed by atoms with E-state index in [4.69, 9.17) is 4.74 Å². The fraction of sp³-hybridized carbons (Fsp3) is 0.750. The van der Waals surface area contributed by atoms with E-state index >= 15 is 0 Å². The van der Waals surface area contributed by atoms with Gasteiger partial charge in [0.15, 0.2) is 0 Å². The van der Waals surface area contributed by atoms with Crippen LogP contribution < -0.4 is 0 Å². The summed E-state index contributed by atoms with van der Waals surface area (Å²) in [7, 11) is 0. The van der Waals surface area contributed by atoms with Gasteiger partial charge in [-0.3, -0.25) is 0 Å². The second-order valence-electron chi connectivity index (χ2n) is 3.55. The van der Waals surface area contributed by atoms with E-state index in [-0.39, 0.29) is 5.97 Å².